The van der Waals surface area contributed by atoms with E-state index in [1.807, 2.05) is 5.10 Å². The van der Waals surface area contributed by atoms with Crippen LogP contribution in [0.2, 0.25) is 24.7 Å². The van der Waals surface area contributed by atoms with Gasteiger partial charge in [-0.1, -0.05) is 151 Å². The van der Waals surface area contributed by atoms with Gasteiger partial charge in [0.05, 0.1) is 8.07 Å². The van der Waals surface area contributed by atoms with Gasteiger partial charge in [0.25, 0.3) is 0 Å². The van der Waals surface area contributed by atoms with Gasteiger partial charge < -0.3 is 0 Å². The second-order valence-corrected chi connectivity index (χ2v) is 15.4. The third kappa shape index (κ3) is 6.61. The molecule has 0 spiro atoms. The predicted octanol–water partition coefficient (Wildman–Crippen LogP) is 8.84. The highest BCUT2D eigenvalue weighted by molar-refractivity contribution is 6.99. The molecule has 29 heavy (non-hydrogen) atoms. The van der Waals surface area contributed by atoms with Crippen molar-refractivity contribution in [3.8, 4) is 0 Å². The van der Waals surface area contributed by atoms with Crippen molar-refractivity contribution in [3.63, 3.8) is 0 Å². The normalized spacial score (nSPS) is 20.0. The molecule has 0 amide bonds. The molecule has 0 atom stereocenters. The van der Waals surface area contributed by atoms with Crippen LogP contribution in [0.15, 0.2) is 41.5 Å². The van der Waals surface area contributed by atoms with Crippen molar-refractivity contribution in [3.05, 3.63) is 47.1 Å². The van der Waals surface area contributed by atoms with Gasteiger partial charge in [0, 0.05) is 0 Å². The molecule has 2 aliphatic rings. The zero-order valence-corrected chi connectivity index (χ0v) is 20.6. The maximum Gasteiger partial charge on any atom is 0.171 e. The van der Waals surface area contributed by atoms with Crippen LogP contribution in [0.3, 0.4) is 0 Å². The first kappa shape index (κ1) is 22.9. The molecule has 2 saturated carbocycles. The second-order valence-electron chi connectivity index (χ2n) is 10.7. The lowest BCUT2D eigenvalue weighted by Crippen LogP contribution is -2.45. The molecule has 2 aliphatic carbocycles. The van der Waals surface area contributed by atoms with Gasteiger partial charge in [-0.3, -0.25) is 0 Å². The van der Waals surface area contributed by atoms with E-state index in [0.717, 1.165) is 18.3 Å². The lowest BCUT2D eigenvalue weighted by atomic mass is 9.30. The highest BCUT2D eigenvalue weighted by Gasteiger charge is 2.42. The van der Waals surface area contributed by atoms with E-state index in [1.54, 1.807) is 5.56 Å². The van der Waals surface area contributed by atoms with Gasteiger partial charge in [-0.25, -0.2) is 0 Å². The number of hydrogen-bond acceptors (Lipinski definition) is 0. The number of hydrogen-bond donors (Lipinski definition) is 0. The molecule has 0 aliphatic heterocycles. The first-order chi connectivity index (χ1) is 14.1. The molecule has 0 aromatic heterocycles. The largest absolute Gasteiger partial charge is 0.171 e. The quantitative estimate of drug-likeness (QED) is 0.283. The summed E-state index contributed by atoms with van der Waals surface area (Å²) in [6.45, 7) is 8.63. The first-order valence-corrected chi connectivity index (χ1v) is 16.1. The van der Waals surface area contributed by atoms with E-state index in [0.29, 0.717) is 0 Å². The maximum absolute atomic E-state index is 2.80. The lowest BCUT2D eigenvalue weighted by molar-refractivity contribution is 0.464. The zero-order chi connectivity index (χ0) is 20.5. The van der Waals surface area contributed by atoms with Crippen LogP contribution in [0, 0.1) is 0 Å². The molecule has 0 bridgehead atoms. The Balaban J connectivity index is 1.92. The van der Waals surface area contributed by atoms with E-state index in [9.17, 15) is 0 Å². The molecule has 1 aromatic rings. The minimum atomic E-state index is -1.49. The van der Waals surface area contributed by atoms with Crippen molar-refractivity contribution in [2.24, 2.45) is 0 Å². The Morgan fingerprint density at radius 3 is 1.97 bits per heavy atom. The van der Waals surface area contributed by atoms with Crippen molar-refractivity contribution >= 4 is 14.8 Å². The van der Waals surface area contributed by atoms with Gasteiger partial charge in [-0.2, -0.15) is 0 Å². The molecule has 0 heterocycles. The van der Waals surface area contributed by atoms with E-state index in [1.165, 1.54) is 89.5 Å². The van der Waals surface area contributed by atoms with E-state index < -0.39 is 8.07 Å². The summed E-state index contributed by atoms with van der Waals surface area (Å²) in [5.74, 6) is 1.95. The summed E-state index contributed by atoms with van der Waals surface area (Å²) in [5.41, 5.74) is 1.57. The van der Waals surface area contributed by atoms with E-state index >= 15 is 0 Å². The molecular weight excluding hydrogens is 363 g/mol. The summed E-state index contributed by atoms with van der Waals surface area (Å²) in [6, 6.07) is 12.7. The number of rotatable bonds is 9. The standard InChI is InChI=1S/C27H45BSi/c1-4-5-9-22-27(29(2,3)23-24-16-10-6-11-17-24)28(25-18-12-7-13-19-25)26-20-14-8-15-21-26/h6,10-11,16-17,22,25-26H,4-5,7-9,12-15,18-21,23H2,1-3H3/b27-22-. The lowest BCUT2D eigenvalue weighted by Gasteiger charge is -2.42. The summed E-state index contributed by atoms with van der Waals surface area (Å²) in [6.07, 6.45) is 21.7. The average molecular weight is 409 g/mol. The third-order valence-electron chi connectivity index (χ3n) is 7.87. The second kappa shape index (κ2) is 11.6. The van der Waals surface area contributed by atoms with Crippen molar-refractivity contribution in [1.82, 2.24) is 0 Å². The molecule has 0 unspecified atom stereocenters. The molecule has 0 nitrogen and oxygen atoms in total. The summed E-state index contributed by atoms with van der Waals surface area (Å²) in [7, 11) is -1.49. The van der Waals surface area contributed by atoms with Gasteiger partial charge in [-0.05, 0) is 12.5 Å². The van der Waals surface area contributed by atoms with Crippen LogP contribution in [-0.4, -0.2) is 14.8 Å². The van der Waals surface area contributed by atoms with Crippen molar-refractivity contribution in [2.45, 2.75) is 121 Å². The van der Waals surface area contributed by atoms with Crippen LogP contribution in [0.4, 0.5) is 0 Å². The number of allylic oxidation sites excluding steroid dienone is 1. The Bertz CT molecular complexity index is 591. The molecule has 0 radical (unpaired) electrons. The topological polar surface area (TPSA) is 0 Å². The Labute approximate surface area is 183 Å². The molecule has 2 heteroatoms. The minimum absolute atomic E-state index is 0.901. The summed E-state index contributed by atoms with van der Waals surface area (Å²) in [5, 5.41) is 1.98. The Morgan fingerprint density at radius 1 is 0.897 bits per heavy atom. The fraction of sp³-hybridized carbons (Fsp3) is 0.704. The predicted molar refractivity (Wildman–Crippen MR) is 135 cm³/mol. The van der Waals surface area contributed by atoms with E-state index in [2.05, 4.69) is 56.4 Å². The Kier molecular flexibility index (Phi) is 9.15. The number of unbranched alkanes of at least 4 members (excludes halogenated alkanes) is 2. The number of benzene rings is 1. The Morgan fingerprint density at radius 2 is 1.45 bits per heavy atom. The molecule has 2 fully saturated rings. The summed E-state index contributed by atoms with van der Waals surface area (Å²) < 4.78 is 0. The fourth-order valence-electron chi connectivity index (χ4n) is 6.41. The summed E-state index contributed by atoms with van der Waals surface area (Å²) >= 11 is 0. The third-order valence-corrected chi connectivity index (χ3v) is 11.3. The van der Waals surface area contributed by atoms with Crippen LogP contribution in [-0.2, 0) is 6.04 Å². The van der Waals surface area contributed by atoms with Gasteiger partial charge in [0.1, 0.15) is 0 Å². The molecule has 0 N–H and O–H groups in total. The van der Waals surface area contributed by atoms with Gasteiger partial charge >= 0.3 is 0 Å². The van der Waals surface area contributed by atoms with Crippen LogP contribution < -0.4 is 0 Å². The smallest absolute Gasteiger partial charge is 0.113 e. The molecule has 0 saturated heterocycles. The van der Waals surface area contributed by atoms with Crippen molar-refractivity contribution in [1.29, 1.82) is 0 Å². The SMILES string of the molecule is CCCC/C=C(/B(C1CCCCC1)C1CCCCC1)[Si](C)(C)Cc1ccccc1. The monoisotopic (exact) mass is 408 g/mol. The van der Waals surface area contributed by atoms with Crippen LogP contribution in [0.25, 0.3) is 0 Å². The van der Waals surface area contributed by atoms with Crippen LogP contribution in [0.5, 0.6) is 0 Å². The zero-order valence-electron chi connectivity index (χ0n) is 19.6. The van der Waals surface area contributed by atoms with Crippen molar-refractivity contribution in [2.75, 3.05) is 0 Å². The average Bonchev–Trinajstić information content (AvgIpc) is 2.75. The maximum atomic E-state index is 2.80. The fourth-order valence-corrected chi connectivity index (χ4v) is 9.94. The molecule has 3 rings (SSSR count). The van der Waals surface area contributed by atoms with Gasteiger partial charge in [0.2, 0.25) is 0 Å². The van der Waals surface area contributed by atoms with E-state index in [4.69, 9.17) is 0 Å². The van der Waals surface area contributed by atoms with Crippen LogP contribution >= 0.6 is 0 Å². The summed E-state index contributed by atoms with van der Waals surface area (Å²) in [4.78, 5) is 0. The highest BCUT2D eigenvalue weighted by Crippen LogP contribution is 2.46. The van der Waals surface area contributed by atoms with Crippen molar-refractivity contribution < 1.29 is 0 Å². The first-order valence-electron chi connectivity index (χ1n) is 12.9. The van der Waals surface area contributed by atoms with Gasteiger partial charge in [0.15, 0.2) is 6.71 Å². The Hall–Kier alpha value is -0.758. The van der Waals surface area contributed by atoms with E-state index in [-0.39, 0.29) is 0 Å². The molecule has 160 valence electrons. The molecule has 1 aromatic carbocycles. The van der Waals surface area contributed by atoms with Gasteiger partial charge in [-0.15, -0.1) is 5.10 Å². The minimum Gasteiger partial charge on any atom is -0.113 e. The molecular formula is C27H45BSi. The van der Waals surface area contributed by atoms with Crippen LogP contribution in [0.1, 0.15) is 96.0 Å². The highest BCUT2D eigenvalue weighted by atomic mass is 28.3.